The van der Waals surface area contributed by atoms with Gasteiger partial charge in [-0.2, -0.15) is 0 Å². The molecule has 3 rings (SSSR count). The highest BCUT2D eigenvalue weighted by Crippen LogP contribution is 2.25. The van der Waals surface area contributed by atoms with Gasteiger partial charge in [0.2, 0.25) is 15.9 Å². The monoisotopic (exact) mass is 378 g/mol. The smallest absolute Gasteiger partial charge is 0.236 e. The highest BCUT2D eigenvalue weighted by atomic mass is 35.5. The van der Waals surface area contributed by atoms with Gasteiger partial charge in [-0.3, -0.25) is 9.52 Å². The first kappa shape index (κ1) is 17.8. The maximum absolute atomic E-state index is 12.4. The number of amides is 1. The third-order valence-corrected chi connectivity index (χ3v) is 5.50. The molecule has 1 aliphatic rings. The van der Waals surface area contributed by atoms with Crippen LogP contribution in [-0.2, 0) is 20.6 Å². The number of benzene rings is 2. The lowest BCUT2D eigenvalue weighted by molar-refractivity contribution is -0.119. The van der Waals surface area contributed by atoms with Crippen LogP contribution in [0.5, 0.6) is 0 Å². The molecule has 0 aliphatic carbocycles. The molecule has 1 fully saturated rings. The number of sulfonamides is 1. The van der Waals surface area contributed by atoms with E-state index >= 15 is 0 Å². The van der Waals surface area contributed by atoms with Crippen molar-refractivity contribution in [1.82, 2.24) is 0 Å². The van der Waals surface area contributed by atoms with Crippen molar-refractivity contribution in [1.29, 1.82) is 0 Å². The van der Waals surface area contributed by atoms with Gasteiger partial charge >= 0.3 is 0 Å². The molecule has 132 valence electrons. The maximum atomic E-state index is 12.4. The van der Waals surface area contributed by atoms with Gasteiger partial charge in [-0.15, -0.1) is 0 Å². The molecule has 1 saturated heterocycles. The van der Waals surface area contributed by atoms with Crippen LogP contribution in [0.4, 0.5) is 11.4 Å². The lowest BCUT2D eigenvalue weighted by Gasteiger charge is -2.27. The number of hydrogen-bond donors (Lipinski definition) is 1. The molecule has 1 amide bonds. The Balaban J connectivity index is 1.76. The molecule has 25 heavy (non-hydrogen) atoms. The van der Waals surface area contributed by atoms with E-state index in [2.05, 4.69) is 4.72 Å². The number of hydrogen-bond acceptors (Lipinski definition) is 3. The molecule has 0 bridgehead atoms. The summed E-state index contributed by atoms with van der Waals surface area (Å²) in [5, 5.41) is 0.498. The first-order valence-corrected chi connectivity index (χ1v) is 10.1. The molecule has 0 spiro atoms. The van der Waals surface area contributed by atoms with Gasteiger partial charge in [0.05, 0.1) is 11.4 Å². The Morgan fingerprint density at radius 2 is 1.88 bits per heavy atom. The third kappa shape index (κ3) is 4.74. The van der Waals surface area contributed by atoms with Crippen LogP contribution in [-0.4, -0.2) is 20.9 Å². The largest absolute Gasteiger partial charge is 0.312 e. The predicted octanol–water partition coefficient (Wildman–Crippen LogP) is 3.80. The van der Waals surface area contributed by atoms with Gasteiger partial charge in [-0.1, -0.05) is 29.8 Å². The van der Waals surface area contributed by atoms with Crippen molar-refractivity contribution in [2.75, 3.05) is 16.2 Å². The number of nitrogens with zero attached hydrogens (tertiary/aromatic N) is 1. The van der Waals surface area contributed by atoms with Crippen LogP contribution < -0.4 is 9.62 Å². The molecule has 0 atom stereocenters. The number of rotatable bonds is 5. The zero-order chi connectivity index (χ0) is 17.9. The Kier molecular flexibility index (Phi) is 5.30. The summed E-state index contributed by atoms with van der Waals surface area (Å²) in [4.78, 5) is 13.7. The molecule has 5 nitrogen and oxygen atoms in total. The fraction of sp³-hybridized carbons (Fsp3) is 0.278. The summed E-state index contributed by atoms with van der Waals surface area (Å²) in [5.74, 6) is -0.0920. The number of anilines is 2. The molecule has 7 heteroatoms. The van der Waals surface area contributed by atoms with E-state index in [1.54, 1.807) is 47.4 Å². The van der Waals surface area contributed by atoms with E-state index < -0.39 is 10.0 Å². The Hall–Kier alpha value is -2.05. The van der Waals surface area contributed by atoms with Gasteiger partial charge in [0.15, 0.2) is 0 Å². The fourth-order valence-electron chi connectivity index (χ4n) is 2.88. The van der Waals surface area contributed by atoms with Crippen molar-refractivity contribution in [2.24, 2.45) is 0 Å². The van der Waals surface area contributed by atoms with Crippen molar-refractivity contribution in [3.05, 3.63) is 59.1 Å². The van der Waals surface area contributed by atoms with Crippen molar-refractivity contribution < 1.29 is 13.2 Å². The second-order valence-electron chi connectivity index (χ2n) is 6.04. The molecule has 0 aromatic heterocycles. The number of nitrogens with one attached hydrogen (secondary N) is 1. The van der Waals surface area contributed by atoms with Crippen LogP contribution in [0.1, 0.15) is 24.8 Å². The standard InChI is InChI=1S/C18H19ClN2O3S/c19-15-6-3-5-14(11-15)13-25(23,24)20-16-7-4-8-17(12-16)21-10-2-1-9-18(21)22/h3-8,11-12,20H,1-2,9-10,13H2. The Bertz CT molecular complexity index is 883. The highest BCUT2D eigenvalue weighted by molar-refractivity contribution is 7.91. The third-order valence-electron chi connectivity index (χ3n) is 4.00. The number of piperidine rings is 1. The molecule has 1 aliphatic heterocycles. The van der Waals surface area contributed by atoms with Crippen molar-refractivity contribution >= 4 is 38.9 Å². The highest BCUT2D eigenvalue weighted by Gasteiger charge is 2.20. The molecular formula is C18H19ClN2O3S. The second-order valence-corrected chi connectivity index (χ2v) is 8.20. The van der Waals surface area contributed by atoms with E-state index in [1.807, 2.05) is 6.07 Å². The average Bonchev–Trinajstić information content (AvgIpc) is 2.54. The van der Waals surface area contributed by atoms with E-state index in [0.717, 1.165) is 12.8 Å². The minimum Gasteiger partial charge on any atom is -0.312 e. The van der Waals surface area contributed by atoms with E-state index in [4.69, 9.17) is 11.6 Å². The SMILES string of the molecule is O=C1CCCCN1c1cccc(NS(=O)(=O)Cc2cccc(Cl)c2)c1. The summed E-state index contributed by atoms with van der Waals surface area (Å²) >= 11 is 5.90. The summed E-state index contributed by atoms with van der Waals surface area (Å²) < 4.78 is 27.4. The summed E-state index contributed by atoms with van der Waals surface area (Å²) in [6.07, 6.45) is 2.39. The van der Waals surface area contributed by atoms with Crippen LogP contribution >= 0.6 is 11.6 Å². The first-order valence-electron chi connectivity index (χ1n) is 8.08. The van der Waals surface area contributed by atoms with Crippen molar-refractivity contribution in [3.63, 3.8) is 0 Å². The Morgan fingerprint density at radius 3 is 2.64 bits per heavy atom. The van der Waals surface area contributed by atoms with Gasteiger partial charge in [-0.05, 0) is 48.7 Å². The molecule has 2 aromatic rings. The molecule has 1 heterocycles. The molecular weight excluding hydrogens is 360 g/mol. The molecule has 0 unspecified atom stereocenters. The number of halogens is 1. The average molecular weight is 379 g/mol. The zero-order valence-corrected chi connectivity index (χ0v) is 15.2. The van der Waals surface area contributed by atoms with Crippen LogP contribution in [0.15, 0.2) is 48.5 Å². The quantitative estimate of drug-likeness (QED) is 0.860. The molecule has 1 N–H and O–H groups in total. The summed E-state index contributed by atoms with van der Waals surface area (Å²) in [7, 11) is -3.58. The molecule has 0 radical (unpaired) electrons. The second kappa shape index (κ2) is 7.45. The van der Waals surface area contributed by atoms with Gasteiger partial charge in [0, 0.05) is 23.7 Å². The minimum absolute atomic E-state index is 0.0742. The van der Waals surface area contributed by atoms with Gasteiger partial charge in [0.1, 0.15) is 0 Å². The lowest BCUT2D eigenvalue weighted by Crippen LogP contribution is -2.35. The van der Waals surface area contributed by atoms with Crippen LogP contribution in [0.2, 0.25) is 5.02 Å². The summed E-state index contributed by atoms with van der Waals surface area (Å²) in [5.41, 5.74) is 1.77. The number of carbonyl (C=O) groups is 1. The summed E-state index contributed by atoms with van der Waals surface area (Å²) in [6, 6.07) is 13.7. The fourth-order valence-corrected chi connectivity index (χ4v) is 4.27. The van der Waals surface area contributed by atoms with E-state index in [-0.39, 0.29) is 11.7 Å². The van der Waals surface area contributed by atoms with E-state index in [0.29, 0.717) is 34.9 Å². The first-order chi connectivity index (χ1) is 11.9. The number of carbonyl (C=O) groups excluding carboxylic acids is 1. The van der Waals surface area contributed by atoms with Crippen LogP contribution in [0, 0.1) is 0 Å². The zero-order valence-electron chi connectivity index (χ0n) is 13.6. The molecule has 2 aromatic carbocycles. The van der Waals surface area contributed by atoms with Crippen LogP contribution in [0.25, 0.3) is 0 Å². The van der Waals surface area contributed by atoms with E-state index in [9.17, 15) is 13.2 Å². The summed E-state index contributed by atoms with van der Waals surface area (Å²) in [6.45, 7) is 0.664. The van der Waals surface area contributed by atoms with Gasteiger partial charge in [-0.25, -0.2) is 8.42 Å². The Morgan fingerprint density at radius 1 is 1.08 bits per heavy atom. The normalized spacial score (nSPS) is 15.2. The van der Waals surface area contributed by atoms with E-state index in [1.165, 1.54) is 0 Å². The maximum Gasteiger partial charge on any atom is 0.236 e. The lowest BCUT2D eigenvalue weighted by atomic mass is 10.1. The Labute approximate surface area is 152 Å². The van der Waals surface area contributed by atoms with Crippen molar-refractivity contribution in [2.45, 2.75) is 25.0 Å². The topological polar surface area (TPSA) is 66.5 Å². The van der Waals surface area contributed by atoms with Gasteiger partial charge in [0.25, 0.3) is 0 Å². The minimum atomic E-state index is -3.58. The predicted molar refractivity (Wildman–Crippen MR) is 100 cm³/mol. The van der Waals surface area contributed by atoms with Crippen LogP contribution in [0.3, 0.4) is 0 Å². The van der Waals surface area contributed by atoms with Crippen molar-refractivity contribution in [3.8, 4) is 0 Å². The van der Waals surface area contributed by atoms with Gasteiger partial charge < -0.3 is 4.90 Å². The molecule has 0 saturated carbocycles.